The van der Waals surface area contributed by atoms with Crippen LogP contribution >= 0.6 is 0 Å². The van der Waals surface area contributed by atoms with Gasteiger partial charge in [0.25, 0.3) is 0 Å². The normalized spacial score (nSPS) is 12.9. The van der Waals surface area contributed by atoms with E-state index in [9.17, 15) is 8.42 Å². The Balaban J connectivity index is 2.07. The molecular formula is C19H20N2O3S. The van der Waals surface area contributed by atoms with Crippen molar-refractivity contribution in [2.75, 3.05) is 0 Å². The van der Waals surface area contributed by atoms with Crippen LogP contribution in [0.5, 0.6) is 0 Å². The van der Waals surface area contributed by atoms with Crippen LogP contribution in [0.15, 0.2) is 64.0 Å². The monoisotopic (exact) mass is 356 g/mol. The highest BCUT2D eigenvalue weighted by Gasteiger charge is 2.28. The minimum Gasteiger partial charge on any atom is -0.360 e. The van der Waals surface area contributed by atoms with Crippen molar-refractivity contribution < 1.29 is 12.9 Å². The van der Waals surface area contributed by atoms with Crippen molar-refractivity contribution in [3.63, 3.8) is 0 Å². The Morgan fingerprint density at radius 3 is 2.24 bits per heavy atom. The van der Waals surface area contributed by atoms with Gasteiger partial charge in [-0.05, 0) is 31.9 Å². The zero-order chi connectivity index (χ0) is 18.0. The summed E-state index contributed by atoms with van der Waals surface area (Å²) >= 11 is 0. The Morgan fingerprint density at radius 2 is 1.64 bits per heavy atom. The number of aromatic nitrogens is 1. The number of nitrogens with one attached hydrogen (secondary N) is 1. The van der Waals surface area contributed by atoms with E-state index >= 15 is 0 Å². The van der Waals surface area contributed by atoms with Gasteiger partial charge in [-0.15, -0.1) is 0 Å². The summed E-state index contributed by atoms with van der Waals surface area (Å²) in [5.41, 5.74) is 3.15. The minimum absolute atomic E-state index is 0.0982. The molecule has 6 heteroatoms. The van der Waals surface area contributed by atoms with E-state index in [0.29, 0.717) is 5.69 Å². The molecule has 0 spiro atoms. The summed E-state index contributed by atoms with van der Waals surface area (Å²) in [6.45, 7) is 5.20. The fourth-order valence-electron chi connectivity index (χ4n) is 2.90. The van der Waals surface area contributed by atoms with Crippen LogP contribution in [0.1, 0.15) is 34.2 Å². The van der Waals surface area contributed by atoms with Gasteiger partial charge in [-0.1, -0.05) is 65.3 Å². The molecule has 2 aromatic carbocycles. The molecule has 0 aliphatic carbocycles. The maximum absolute atomic E-state index is 13.0. The lowest BCUT2D eigenvalue weighted by atomic mass is 9.98. The van der Waals surface area contributed by atoms with Crippen molar-refractivity contribution in [2.24, 2.45) is 0 Å². The highest BCUT2D eigenvalue weighted by atomic mass is 32.2. The quantitative estimate of drug-likeness (QED) is 0.757. The summed E-state index contributed by atoms with van der Waals surface area (Å²) in [5, 5.41) is 3.76. The van der Waals surface area contributed by atoms with E-state index in [1.54, 1.807) is 13.8 Å². The Morgan fingerprint density at radius 1 is 0.960 bits per heavy atom. The second-order valence-electron chi connectivity index (χ2n) is 6.03. The third kappa shape index (κ3) is 3.65. The van der Waals surface area contributed by atoms with Gasteiger partial charge in [0, 0.05) is 0 Å². The number of hydrogen-bond donors (Lipinski definition) is 1. The lowest BCUT2D eigenvalue weighted by Crippen LogP contribution is -2.30. The zero-order valence-electron chi connectivity index (χ0n) is 14.4. The molecule has 0 saturated carbocycles. The van der Waals surface area contributed by atoms with Gasteiger partial charge < -0.3 is 4.52 Å². The minimum atomic E-state index is -3.79. The van der Waals surface area contributed by atoms with Crippen LogP contribution in [0.2, 0.25) is 0 Å². The van der Waals surface area contributed by atoms with E-state index in [2.05, 4.69) is 9.88 Å². The Labute approximate surface area is 147 Å². The van der Waals surface area contributed by atoms with Crippen LogP contribution in [0.25, 0.3) is 0 Å². The van der Waals surface area contributed by atoms with Crippen LogP contribution in [0.3, 0.4) is 0 Å². The number of sulfonamides is 1. The third-order valence-electron chi connectivity index (χ3n) is 4.02. The molecule has 0 bridgehead atoms. The van der Waals surface area contributed by atoms with Gasteiger partial charge in [-0.25, -0.2) is 8.42 Å². The number of nitrogens with zero attached hydrogens (tertiary/aromatic N) is 1. The maximum Gasteiger partial charge on any atom is 0.246 e. The van der Waals surface area contributed by atoms with Crippen LogP contribution in [-0.4, -0.2) is 13.6 Å². The first-order chi connectivity index (χ1) is 11.9. The van der Waals surface area contributed by atoms with Crippen molar-refractivity contribution in [2.45, 2.75) is 31.7 Å². The predicted octanol–water partition coefficient (Wildman–Crippen LogP) is 3.67. The van der Waals surface area contributed by atoms with E-state index < -0.39 is 16.1 Å². The Hall–Kier alpha value is -2.44. The summed E-state index contributed by atoms with van der Waals surface area (Å²) < 4.78 is 33.8. The molecule has 0 radical (unpaired) electrons. The molecule has 5 nitrogen and oxygen atoms in total. The second-order valence-corrected chi connectivity index (χ2v) is 7.68. The fourth-order valence-corrected chi connectivity index (χ4v) is 4.44. The Kier molecular flexibility index (Phi) is 4.74. The van der Waals surface area contributed by atoms with E-state index in [0.717, 1.165) is 16.7 Å². The Bertz CT molecular complexity index is 959. The van der Waals surface area contributed by atoms with Crippen molar-refractivity contribution in [1.82, 2.24) is 9.88 Å². The molecular weight excluding hydrogens is 336 g/mol. The largest absolute Gasteiger partial charge is 0.360 e. The summed E-state index contributed by atoms with van der Waals surface area (Å²) in [6, 6.07) is 16.8. The molecule has 25 heavy (non-hydrogen) atoms. The van der Waals surface area contributed by atoms with E-state index in [4.69, 9.17) is 4.52 Å². The number of aryl methyl sites for hydroxylation is 3. The van der Waals surface area contributed by atoms with E-state index in [-0.39, 0.29) is 10.7 Å². The molecule has 1 heterocycles. The average molecular weight is 356 g/mol. The second kappa shape index (κ2) is 6.82. The highest BCUT2D eigenvalue weighted by molar-refractivity contribution is 7.89. The van der Waals surface area contributed by atoms with Gasteiger partial charge in [-0.2, -0.15) is 4.72 Å². The lowest BCUT2D eigenvalue weighted by molar-refractivity contribution is 0.390. The summed E-state index contributed by atoms with van der Waals surface area (Å²) in [6.07, 6.45) is 0. The lowest BCUT2D eigenvalue weighted by Gasteiger charge is -2.20. The molecule has 1 atom stereocenters. The van der Waals surface area contributed by atoms with Crippen molar-refractivity contribution in [1.29, 1.82) is 0 Å². The predicted molar refractivity (Wildman–Crippen MR) is 95.8 cm³/mol. The smallest absolute Gasteiger partial charge is 0.246 e. The molecule has 1 N–H and O–H groups in total. The van der Waals surface area contributed by atoms with Crippen LogP contribution in [0, 0.1) is 20.8 Å². The number of benzene rings is 2. The summed E-state index contributed by atoms with van der Waals surface area (Å²) in [5.74, 6) is 0.279. The van der Waals surface area contributed by atoms with Gasteiger partial charge >= 0.3 is 0 Å². The fraction of sp³-hybridized carbons (Fsp3) is 0.211. The zero-order valence-corrected chi connectivity index (χ0v) is 15.2. The molecule has 0 amide bonds. The summed E-state index contributed by atoms with van der Waals surface area (Å²) in [4.78, 5) is 0.0982. The molecule has 130 valence electrons. The van der Waals surface area contributed by atoms with Crippen molar-refractivity contribution in [3.8, 4) is 0 Å². The molecule has 0 saturated heterocycles. The van der Waals surface area contributed by atoms with Crippen molar-refractivity contribution in [3.05, 3.63) is 82.7 Å². The molecule has 0 fully saturated rings. The van der Waals surface area contributed by atoms with E-state index in [1.165, 1.54) is 0 Å². The molecule has 0 aliphatic heterocycles. The van der Waals surface area contributed by atoms with E-state index in [1.807, 2.05) is 61.5 Å². The van der Waals surface area contributed by atoms with Gasteiger partial charge in [-0.3, -0.25) is 0 Å². The van der Waals surface area contributed by atoms with Gasteiger partial charge in [0.2, 0.25) is 10.0 Å². The number of hydrogen-bond acceptors (Lipinski definition) is 4. The molecule has 0 aliphatic rings. The third-order valence-corrected chi connectivity index (χ3v) is 5.68. The topological polar surface area (TPSA) is 72.2 Å². The maximum atomic E-state index is 13.0. The SMILES string of the molecule is Cc1cccc([C@H](NS(=O)(=O)c2c(C)noc2C)c2ccccc2)c1. The van der Waals surface area contributed by atoms with Crippen LogP contribution in [-0.2, 0) is 10.0 Å². The summed E-state index contributed by atoms with van der Waals surface area (Å²) in [7, 11) is -3.79. The molecule has 0 unspecified atom stereocenters. The van der Waals surface area contributed by atoms with Gasteiger partial charge in [0.05, 0.1) is 6.04 Å². The van der Waals surface area contributed by atoms with Crippen LogP contribution in [0.4, 0.5) is 0 Å². The first-order valence-corrected chi connectivity index (χ1v) is 9.43. The molecule has 1 aromatic heterocycles. The van der Waals surface area contributed by atoms with Crippen molar-refractivity contribution >= 4 is 10.0 Å². The molecule has 3 rings (SSSR count). The van der Waals surface area contributed by atoms with Crippen LogP contribution < -0.4 is 4.72 Å². The average Bonchev–Trinajstić information content (AvgIpc) is 2.93. The van der Waals surface area contributed by atoms with Gasteiger partial charge in [0.1, 0.15) is 10.6 Å². The standard InChI is InChI=1S/C19H20N2O3S/c1-13-8-7-11-17(12-13)18(16-9-5-4-6-10-16)21-25(22,23)19-14(2)20-24-15(19)3/h4-12,18,21H,1-3H3/t18-/m1/s1. The number of rotatable bonds is 5. The first-order valence-electron chi connectivity index (χ1n) is 7.95. The van der Waals surface area contributed by atoms with Gasteiger partial charge in [0.15, 0.2) is 5.76 Å². The molecule has 3 aromatic rings. The first kappa shape index (κ1) is 17.4. The highest BCUT2D eigenvalue weighted by Crippen LogP contribution is 2.27.